The second-order valence-electron chi connectivity index (χ2n) is 8.50. The molecule has 1 aliphatic heterocycles. The summed E-state index contributed by atoms with van der Waals surface area (Å²) < 4.78 is 25.1. The molecule has 1 atom stereocenters. The first-order valence-corrected chi connectivity index (χ1v) is 13.4. The van der Waals surface area contributed by atoms with Gasteiger partial charge in [0.1, 0.15) is 4.21 Å². The number of hydrogen-bond donors (Lipinski definition) is 2. The average Bonchev–Trinajstić information content (AvgIpc) is 3.15. The van der Waals surface area contributed by atoms with Crippen LogP contribution in [0, 0.1) is 5.41 Å². The highest BCUT2D eigenvalue weighted by molar-refractivity contribution is 7.93. The fraction of sp³-hybridized carbons (Fsp3) is 0.762. The number of nitrogens with zero attached hydrogens (tertiary/aromatic N) is 2. The number of nitrogens with one attached hydrogen (secondary N) is 1. The highest BCUT2D eigenvalue weighted by atomic mass is 32.2. The molecule has 0 aromatic carbocycles. The number of thiophene rings is 1. The Morgan fingerprint density at radius 3 is 2.66 bits per heavy atom. The van der Waals surface area contributed by atoms with Crippen LogP contribution >= 0.6 is 11.3 Å². The standard InChI is InChI=1S/C21H35N3O3S2/c1-2-22-20(23-15-18(25)16-29(26,27)19-9-7-14-28-19)24-13-8-12-21(17-24)10-5-3-4-6-11-21/h7,9,14,18,25H,2-6,8,10-13,15-17H2,1H3,(H,22,23). The maximum Gasteiger partial charge on any atom is 0.194 e. The molecule has 164 valence electrons. The average molecular weight is 442 g/mol. The summed E-state index contributed by atoms with van der Waals surface area (Å²) in [5, 5.41) is 15.4. The van der Waals surface area contributed by atoms with Gasteiger partial charge in [0.2, 0.25) is 0 Å². The zero-order chi connectivity index (χ0) is 20.7. The molecule has 2 aliphatic rings. The summed E-state index contributed by atoms with van der Waals surface area (Å²) in [5.74, 6) is 0.517. The van der Waals surface area contributed by atoms with Crippen molar-refractivity contribution >= 4 is 27.1 Å². The van der Waals surface area contributed by atoms with Crippen LogP contribution in [0.4, 0.5) is 0 Å². The summed E-state index contributed by atoms with van der Waals surface area (Å²) >= 11 is 1.19. The van der Waals surface area contributed by atoms with Crippen molar-refractivity contribution < 1.29 is 13.5 Å². The highest BCUT2D eigenvalue weighted by Crippen LogP contribution is 2.42. The van der Waals surface area contributed by atoms with E-state index in [-0.39, 0.29) is 12.3 Å². The van der Waals surface area contributed by atoms with Gasteiger partial charge < -0.3 is 15.3 Å². The van der Waals surface area contributed by atoms with Gasteiger partial charge in [0.05, 0.1) is 18.4 Å². The number of piperidine rings is 1. The molecule has 2 N–H and O–H groups in total. The van der Waals surface area contributed by atoms with Crippen LogP contribution in [0.15, 0.2) is 26.7 Å². The first-order valence-electron chi connectivity index (χ1n) is 10.9. The molecule has 3 rings (SSSR count). The van der Waals surface area contributed by atoms with Crippen molar-refractivity contribution in [3.8, 4) is 0 Å². The zero-order valence-electron chi connectivity index (χ0n) is 17.5. The molecule has 1 aromatic heterocycles. The molecule has 0 amide bonds. The Bertz CT molecular complexity index is 754. The summed E-state index contributed by atoms with van der Waals surface area (Å²) in [4.78, 5) is 6.96. The van der Waals surface area contributed by atoms with Gasteiger partial charge in [-0.25, -0.2) is 8.42 Å². The van der Waals surface area contributed by atoms with Crippen molar-refractivity contribution in [3.63, 3.8) is 0 Å². The third kappa shape index (κ3) is 6.18. The Labute approximate surface area is 179 Å². The summed E-state index contributed by atoms with van der Waals surface area (Å²) in [6.07, 6.45) is 9.38. The van der Waals surface area contributed by atoms with Crippen LogP contribution in [0.2, 0.25) is 0 Å². The molecule has 2 heterocycles. The molecule has 0 bridgehead atoms. The van der Waals surface area contributed by atoms with Gasteiger partial charge in [-0.3, -0.25) is 4.99 Å². The smallest absolute Gasteiger partial charge is 0.194 e. The fourth-order valence-electron chi connectivity index (χ4n) is 4.72. The van der Waals surface area contributed by atoms with E-state index in [1.54, 1.807) is 17.5 Å². The zero-order valence-corrected chi connectivity index (χ0v) is 19.1. The SMILES string of the molecule is CCNC(=NCC(O)CS(=O)(=O)c1cccs1)N1CCCC2(CCCCCC2)C1. The monoisotopic (exact) mass is 441 g/mol. The Morgan fingerprint density at radius 2 is 2.00 bits per heavy atom. The number of guanidine groups is 1. The first kappa shape index (κ1) is 22.6. The van der Waals surface area contributed by atoms with E-state index in [1.807, 2.05) is 6.92 Å². The molecule has 1 saturated heterocycles. The summed E-state index contributed by atoms with van der Waals surface area (Å²) in [7, 11) is -3.46. The van der Waals surface area contributed by atoms with Gasteiger partial charge in [0.25, 0.3) is 0 Å². The number of hydrogen-bond acceptors (Lipinski definition) is 5. The molecule has 2 fully saturated rings. The van der Waals surface area contributed by atoms with Crippen LogP contribution in [-0.2, 0) is 9.84 Å². The summed E-state index contributed by atoms with van der Waals surface area (Å²) in [5.41, 5.74) is 0.395. The molecule has 1 aromatic rings. The van der Waals surface area contributed by atoms with E-state index in [4.69, 9.17) is 0 Å². The Balaban J connectivity index is 1.64. The van der Waals surface area contributed by atoms with Crippen LogP contribution < -0.4 is 5.32 Å². The molecule has 29 heavy (non-hydrogen) atoms. The topological polar surface area (TPSA) is 82.0 Å². The lowest BCUT2D eigenvalue weighted by atomic mass is 9.74. The third-order valence-corrected chi connectivity index (χ3v) is 9.41. The lowest BCUT2D eigenvalue weighted by molar-refractivity contribution is 0.115. The van der Waals surface area contributed by atoms with Crippen molar-refractivity contribution in [1.29, 1.82) is 0 Å². The molecule has 1 aliphatic carbocycles. The largest absolute Gasteiger partial charge is 0.390 e. The number of rotatable bonds is 6. The molecule has 0 radical (unpaired) electrons. The van der Waals surface area contributed by atoms with E-state index in [1.165, 1.54) is 62.7 Å². The number of sulfone groups is 1. The second-order valence-corrected chi connectivity index (χ2v) is 11.7. The first-order chi connectivity index (χ1) is 13.9. The molecular formula is C21H35N3O3S2. The molecular weight excluding hydrogens is 406 g/mol. The van der Waals surface area contributed by atoms with Crippen molar-refractivity contribution in [2.45, 2.75) is 68.6 Å². The van der Waals surface area contributed by atoms with E-state index < -0.39 is 15.9 Å². The van der Waals surface area contributed by atoms with Gasteiger partial charge in [0, 0.05) is 19.6 Å². The van der Waals surface area contributed by atoms with E-state index in [2.05, 4.69) is 15.2 Å². The summed E-state index contributed by atoms with van der Waals surface area (Å²) in [6, 6.07) is 3.30. The van der Waals surface area contributed by atoms with Crippen molar-refractivity contribution in [2.24, 2.45) is 10.4 Å². The minimum Gasteiger partial charge on any atom is -0.390 e. The van der Waals surface area contributed by atoms with E-state index in [0.29, 0.717) is 9.62 Å². The highest BCUT2D eigenvalue weighted by Gasteiger charge is 2.36. The van der Waals surface area contributed by atoms with Crippen LogP contribution in [0.5, 0.6) is 0 Å². The summed E-state index contributed by atoms with van der Waals surface area (Å²) in [6.45, 7) is 4.88. The molecule has 6 nitrogen and oxygen atoms in total. The van der Waals surface area contributed by atoms with Gasteiger partial charge >= 0.3 is 0 Å². The van der Waals surface area contributed by atoms with Gasteiger partial charge in [0.15, 0.2) is 15.8 Å². The van der Waals surface area contributed by atoms with Crippen LogP contribution in [0.3, 0.4) is 0 Å². The van der Waals surface area contributed by atoms with Gasteiger partial charge in [-0.05, 0) is 49.5 Å². The molecule has 1 spiro atoms. The van der Waals surface area contributed by atoms with Gasteiger partial charge in [-0.2, -0.15) is 0 Å². The van der Waals surface area contributed by atoms with Crippen molar-refractivity contribution in [3.05, 3.63) is 17.5 Å². The van der Waals surface area contributed by atoms with E-state index in [9.17, 15) is 13.5 Å². The number of aliphatic hydroxyl groups is 1. The minimum absolute atomic E-state index is 0.0937. The predicted octanol–water partition coefficient (Wildman–Crippen LogP) is 3.28. The lowest BCUT2D eigenvalue weighted by Crippen LogP contribution is -2.50. The Morgan fingerprint density at radius 1 is 1.28 bits per heavy atom. The number of aliphatic imine (C=N–C) groups is 1. The third-order valence-electron chi connectivity index (χ3n) is 6.13. The molecule has 1 unspecified atom stereocenters. The maximum atomic E-state index is 12.4. The minimum atomic E-state index is -3.46. The van der Waals surface area contributed by atoms with Gasteiger partial charge in [-0.1, -0.05) is 31.7 Å². The Hall–Kier alpha value is -1.12. The van der Waals surface area contributed by atoms with Crippen molar-refractivity contribution in [1.82, 2.24) is 10.2 Å². The lowest BCUT2D eigenvalue weighted by Gasteiger charge is -2.44. The fourth-order valence-corrected chi connectivity index (χ4v) is 7.19. The quantitative estimate of drug-likeness (QED) is 0.523. The van der Waals surface area contributed by atoms with Crippen LogP contribution in [0.25, 0.3) is 0 Å². The van der Waals surface area contributed by atoms with Gasteiger partial charge in [-0.15, -0.1) is 11.3 Å². The predicted molar refractivity (Wildman–Crippen MR) is 119 cm³/mol. The van der Waals surface area contributed by atoms with E-state index >= 15 is 0 Å². The molecule has 8 heteroatoms. The van der Waals surface area contributed by atoms with Crippen LogP contribution in [-0.4, -0.2) is 62.4 Å². The number of likely N-dealkylation sites (tertiary alicyclic amines) is 1. The normalized spacial score (nSPS) is 21.7. The number of aliphatic hydroxyl groups excluding tert-OH is 1. The van der Waals surface area contributed by atoms with E-state index in [0.717, 1.165) is 25.6 Å². The second kappa shape index (κ2) is 10.3. The molecule has 1 saturated carbocycles. The Kier molecular flexibility index (Phi) is 7.99. The van der Waals surface area contributed by atoms with Crippen LogP contribution in [0.1, 0.15) is 58.3 Å². The maximum absolute atomic E-state index is 12.4. The van der Waals surface area contributed by atoms with Crippen molar-refractivity contribution in [2.75, 3.05) is 31.9 Å².